The predicted molar refractivity (Wildman–Crippen MR) is 214 cm³/mol. The highest BCUT2D eigenvalue weighted by atomic mass is 32.2. The molecule has 0 aliphatic carbocycles. The number of hydrogen-bond donors (Lipinski definition) is 3. The lowest BCUT2D eigenvalue weighted by molar-refractivity contribution is -0.116. The Morgan fingerprint density at radius 2 is 1.43 bits per heavy atom. The molecule has 0 bridgehead atoms. The van der Waals surface area contributed by atoms with Crippen LogP contribution in [-0.2, 0) is 9.59 Å². The summed E-state index contributed by atoms with van der Waals surface area (Å²) in [6, 6.07) is 38.0. The van der Waals surface area contributed by atoms with E-state index in [1.807, 2.05) is 66.0 Å². The van der Waals surface area contributed by atoms with Crippen molar-refractivity contribution in [3.8, 4) is 28.5 Å². The Morgan fingerprint density at radius 1 is 0.722 bits per heavy atom. The summed E-state index contributed by atoms with van der Waals surface area (Å²) in [5.41, 5.74) is 3.77. The maximum atomic E-state index is 13.9. The van der Waals surface area contributed by atoms with Crippen molar-refractivity contribution in [2.45, 2.75) is 10.1 Å². The lowest BCUT2D eigenvalue weighted by Gasteiger charge is -2.17. The molecule has 3 N–H and O–H groups in total. The number of anilines is 2. The summed E-state index contributed by atoms with van der Waals surface area (Å²) in [6.45, 7) is 0. The second-order valence-electron chi connectivity index (χ2n) is 11.6. The van der Waals surface area contributed by atoms with Gasteiger partial charge >= 0.3 is 0 Å². The van der Waals surface area contributed by atoms with Crippen molar-refractivity contribution in [3.63, 3.8) is 0 Å². The molecule has 1 aromatic heterocycles. The van der Waals surface area contributed by atoms with E-state index in [0.29, 0.717) is 44.9 Å². The minimum Gasteiger partial charge on any atom is -0.496 e. The SMILES string of the molecule is COc1ccc(/C=C(/NC(=O)c2ccccc2)C(=O)Nc2cccc(SC(C(=O)Nc3nc(-c4ccccc4OC)cs3)c3ccccc3)c2)cc1OC. The maximum Gasteiger partial charge on any atom is 0.272 e. The van der Waals surface area contributed by atoms with Gasteiger partial charge in [-0.2, -0.15) is 0 Å². The second-order valence-corrected chi connectivity index (χ2v) is 13.6. The van der Waals surface area contributed by atoms with Gasteiger partial charge in [0.2, 0.25) is 5.91 Å². The third-order valence-corrected chi connectivity index (χ3v) is 10.1. The Bertz CT molecular complexity index is 2280. The minimum atomic E-state index is -0.651. The first-order valence-electron chi connectivity index (χ1n) is 16.7. The average molecular weight is 757 g/mol. The Hall–Kier alpha value is -6.37. The minimum absolute atomic E-state index is 0.00612. The van der Waals surface area contributed by atoms with Crippen LogP contribution in [-0.4, -0.2) is 44.0 Å². The number of carbonyl (C=O) groups is 3. The van der Waals surface area contributed by atoms with Crippen LogP contribution in [0.15, 0.2) is 143 Å². The molecule has 0 saturated heterocycles. The summed E-state index contributed by atoms with van der Waals surface area (Å²) >= 11 is 2.66. The Morgan fingerprint density at radius 3 is 2.17 bits per heavy atom. The van der Waals surface area contributed by atoms with Crippen LogP contribution < -0.4 is 30.2 Å². The van der Waals surface area contributed by atoms with Crippen molar-refractivity contribution < 1.29 is 28.6 Å². The molecule has 0 aliphatic heterocycles. The molecule has 0 radical (unpaired) electrons. The van der Waals surface area contributed by atoms with Crippen LogP contribution in [0.3, 0.4) is 0 Å². The molecule has 3 amide bonds. The number of benzene rings is 5. The van der Waals surface area contributed by atoms with E-state index in [9.17, 15) is 14.4 Å². The van der Waals surface area contributed by atoms with Crippen molar-refractivity contribution in [1.82, 2.24) is 10.3 Å². The lowest BCUT2D eigenvalue weighted by atomic mass is 10.1. The van der Waals surface area contributed by atoms with Gasteiger partial charge in [-0.3, -0.25) is 14.4 Å². The number of nitrogens with zero attached hydrogens (tertiary/aromatic N) is 1. The maximum absolute atomic E-state index is 13.9. The molecule has 12 heteroatoms. The average Bonchev–Trinajstić information content (AvgIpc) is 3.68. The summed E-state index contributed by atoms with van der Waals surface area (Å²) in [5.74, 6) is 0.415. The number of thiazole rings is 1. The number of rotatable bonds is 14. The predicted octanol–water partition coefficient (Wildman–Crippen LogP) is 8.72. The number of methoxy groups -OCH3 is 3. The normalized spacial score (nSPS) is 11.6. The molecule has 6 aromatic rings. The Kier molecular flexibility index (Phi) is 12.4. The first-order valence-corrected chi connectivity index (χ1v) is 18.4. The van der Waals surface area contributed by atoms with Crippen LogP contribution in [0.2, 0.25) is 0 Å². The van der Waals surface area contributed by atoms with Crippen LogP contribution in [0.1, 0.15) is 26.7 Å². The highest BCUT2D eigenvalue weighted by Gasteiger charge is 2.24. The topological polar surface area (TPSA) is 128 Å². The molecule has 5 aromatic carbocycles. The number of thioether (sulfide) groups is 1. The quantitative estimate of drug-likeness (QED) is 0.0744. The molecule has 10 nitrogen and oxygen atoms in total. The van der Waals surface area contributed by atoms with Crippen LogP contribution in [0.25, 0.3) is 17.3 Å². The summed E-state index contributed by atoms with van der Waals surface area (Å²) in [6.07, 6.45) is 1.56. The molecule has 1 heterocycles. The fourth-order valence-electron chi connectivity index (χ4n) is 5.42. The van der Waals surface area contributed by atoms with Crippen LogP contribution in [0, 0.1) is 0 Å². The van der Waals surface area contributed by atoms with E-state index in [1.54, 1.807) is 79.9 Å². The third-order valence-electron chi connectivity index (χ3n) is 8.05. The Balaban J connectivity index is 1.23. The Labute approximate surface area is 321 Å². The van der Waals surface area contributed by atoms with Crippen LogP contribution >= 0.6 is 23.1 Å². The molecule has 6 rings (SSSR count). The number of ether oxygens (including phenoxy) is 3. The molecule has 1 atom stereocenters. The molecule has 1 unspecified atom stereocenters. The zero-order valence-corrected chi connectivity index (χ0v) is 31.2. The number of hydrogen-bond acceptors (Lipinski definition) is 9. The smallest absolute Gasteiger partial charge is 0.272 e. The van der Waals surface area contributed by atoms with Gasteiger partial charge in [-0.1, -0.05) is 72.8 Å². The van der Waals surface area contributed by atoms with Gasteiger partial charge in [-0.25, -0.2) is 4.98 Å². The van der Waals surface area contributed by atoms with E-state index < -0.39 is 17.1 Å². The first-order chi connectivity index (χ1) is 26.3. The standard InChI is InChI=1S/C42H36N4O6S2/c1-50-35-20-11-10-19-32(35)34-26-53-42(45-34)46-41(49)38(28-13-6-4-7-14-28)54-31-18-12-17-30(25-31)43-40(48)33(44-39(47)29-15-8-5-9-16-29)23-27-21-22-36(51-2)37(24-27)52-3/h4-26,38H,1-3H3,(H,43,48)(H,44,47)(H,45,46,49)/b33-23+. The lowest BCUT2D eigenvalue weighted by Crippen LogP contribution is -2.30. The van der Waals surface area contributed by atoms with Crippen molar-refractivity contribution >= 4 is 57.7 Å². The van der Waals surface area contributed by atoms with Gasteiger partial charge in [0.15, 0.2) is 16.6 Å². The van der Waals surface area contributed by atoms with Crippen molar-refractivity contribution in [2.24, 2.45) is 0 Å². The number of aromatic nitrogens is 1. The van der Waals surface area contributed by atoms with Gasteiger partial charge in [-0.15, -0.1) is 23.1 Å². The summed E-state index contributed by atoms with van der Waals surface area (Å²) in [4.78, 5) is 46.3. The highest BCUT2D eigenvalue weighted by Crippen LogP contribution is 2.38. The number of carbonyl (C=O) groups excluding carboxylic acids is 3. The summed E-state index contributed by atoms with van der Waals surface area (Å²) in [7, 11) is 4.66. The van der Waals surface area contributed by atoms with E-state index in [0.717, 1.165) is 16.0 Å². The van der Waals surface area contributed by atoms with E-state index in [2.05, 4.69) is 20.9 Å². The zero-order valence-electron chi connectivity index (χ0n) is 29.6. The molecular formula is C42H36N4O6S2. The second kappa shape index (κ2) is 17.9. The van der Waals surface area contributed by atoms with Gasteiger partial charge in [-0.05, 0) is 71.8 Å². The molecule has 0 saturated carbocycles. The van der Waals surface area contributed by atoms with E-state index in [-0.39, 0.29) is 11.6 Å². The number of amides is 3. The number of para-hydroxylation sites is 1. The van der Waals surface area contributed by atoms with Crippen molar-refractivity contribution in [3.05, 3.63) is 155 Å². The van der Waals surface area contributed by atoms with Crippen molar-refractivity contribution in [2.75, 3.05) is 32.0 Å². The van der Waals surface area contributed by atoms with Crippen LogP contribution in [0.4, 0.5) is 10.8 Å². The molecule has 0 spiro atoms. The zero-order chi connectivity index (χ0) is 37.9. The fraction of sp³-hybridized carbons (Fsp3) is 0.0952. The molecule has 54 heavy (non-hydrogen) atoms. The molecular weight excluding hydrogens is 721 g/mol. The first kappa shape index (κ1) is 37.4. The van der Waals surface area contributed by atoms with Gasteiger partial charge in [0, 0.05) is 27.1 Å². The number of nitrogens with one attached hydrogen (secondary N) is 3. The van der Waals surface area contributed by atoms with Gasteiger partial charge < -0.3 is 30.2 Å². The molecule has 0 aliphatic rings. The van der Waals surface area contributed by atoms with E-state index in [1.165, 1.54) is 37.3 Å². The van der Waals surface area contributed by atoms with Gasteiger partial charge in [0.25, 0.3) is 11.8 Å². The van der Waals surface area contributed by atoms with Crippen LogP contribution in [0.5, 0.6) is 17.2 Å². The molecule has 0 fully saturated rings. The van der Waals surface area contributed by atoms with E-state index >= 15 is 0 Å². The largest absolute Gasteiger partial charge is 0.496 e. The van der Waals surface area contributed by atoms with Crippen molar-refractivity contribution in [1.29, 1.82) is 0 Å². The molecule has 272 valence electrons. The fourth-order valence-corrected chi connectivity index (χ4v) is 7.21. The third kappa shape index (κ3) is 9.34. The monoisotopic (exact) mass is 756 g/mol. The van der Waals surface area contributed by atoms with Gasteiger partial charge in [0.05, 0.1) is 27.0 Å². The highest BCUT2D eigenvalue weighted by molar-refractivity contribution is 8.00. The van der Waals surface area contributed by atoms with E-state index in [4.69, 9.17) is 14.2 Å². The van der Waals surface area contributed by atoms with Gasteiger partial charge in [0.1, 0.15) is 16.7 Å². The summed E-state index contributed by atoms with van der Waals surface area (Å²) in [5, 5.41) is 10.3. The summed E-state index contributed by atoms with van der Waals surface area (Å²) < 4.78 is 16.3.